The van der Waals surface area contributed by atoms with Gasteiger partial charge >= 0.3 is 0 Å². The lowest BCUT2D eigenvalue weighted by molar-refractivity contribution is 0.0534. The molecule has 0 fully saturated rings. The van der Waals surface area contributed by atoms with Crippen LogP contribution in [-0.4, -0.2) is 57.2 Å². The lowest BCUT2D eigenvalue weighted by Crippen LogP contribution is -2.12. The minimum atomic E-state index is 0.368. The Morgan fingerprint density at radius 1 is 1.10 bits per heavy atom. The van der Waals surface area contributed by atoms with Crippen LogP contribution in [0.3, 0.4) is 0 Å². The Labute approximate surface area is 119 Å². The van der Waals surface area contributed by atoms with Crippen LogP contribution in [0.5, 0.6) is 5.88 Å². The number of nitrogens with one attached hydrogen (secondary N) is 1. The number of hydrogen-bond acceptors (Lipinski definition) is 7. The topological polar surface area (TPSA) is 74.7 Å². The van der Waals surface area contributed by atoms with Crippen molar-refractivity contribution in [2.75, 3.05) is 52.5 Å². The summed E-state index contributed by atoms with van der Waals surface area (Å²) < 4.78 is 21.0. The zero-order valence-electron chi connectivity index (χ0n) is 12.3. The summed E-state index contributed by atoms with van der Waals surface area (Å²) in [7, 11) is 3.43. The van der Waals surface area contributed by atoms with Gasteiger partial charge in [0, 0.05) is 26.8 Å². The molecule has 1 aromatic heterocycles. The Morgan fingerprint density at radius 3 is 2.60 bits per heavy atom. The van der Waals surface area contributed by atoms with E-state index in [9.17, 15) is 0 Å². The first-order valence-electron chi connectivity index (χ1n) is 6.63. The van der Waals surface area contributed by atoms with E-state index in [1.165, 1.54) is 0 Å². The maximum Gasteiger partial charge on any atom is 0.218 e. The molecule has 0 aliphatic rings. The third-order valence-corrected chi connectivity index (χ3v) is 2.35. The first-order valence-corrected chi connectivity index (χ1v) is 6.63. The monoisotopic (exact) mass is 285 g/mol. The van der Waals surface area contributed by atoms with Gasteiger partial charge in [-0.05, 0) is 6.92 Å². The van der Waals surface area contributed by atoms with Crippen molar-refractivity contribution in [2.24, 2.45) is 0 Å². The molecular formula is C13H23N3O4. The Kier molecular flexibility index (Phi) is 8.61. The molecule has 1 rings (SSSR count). The lowest BCUT2D eigenvalue weighted by Gasteiger charge is -2.09. The molecule has 1 aromatic rings. The fourth-order valence-corrected chi connectivity index (χ4v) is 1.38. The van der Waals surface area contributed by atoms with E-state index in [4.69, 9.17) is 18.9 Å². The number of methoxy groups -OCH3 is 1. The van der Waals surface area contributed by atoms with E-state index in [2.05, 4.69) is 15.3 Å². The maximum atomic E-state index is 5.54. The highest BCUT2D eigenvalue weighted by atomic mass is 16.5. The summed E-state index contributed by atoms with van der Waals surface area (Å²) in [6.07, 6.45) is 0. The van der Waals surface area contributed by atoms with Crippen molar-refractivity contribution >= 4 is 5.82 Å². The number of nitrogens with zero attached hydrogens (tertiary/aromatic N) is 2. The zero-order chi connectivity index (χ0) is 14.6. The van der Waals surface area contributed by atoms with Gasteiger partial charge in [0.15, 0.2) is 5.82 Å². The van der Waals surface area contributed by atoms with E-state index in [-0.39, 0.29) is 0 Å². The van der Waals surface area contributed by atoms with Crippen LogP contribution >= 0.6 is 0 Å². The third kappa shape index (κ3) is 6.65. The summed E-state index contributed by atoms with van der Waals surface area (Å²) in [5.41, 5.74) is 0. The third-order valence-electron chi connectivity index (χ3n) is 2.35. The van der Waals surface area contributed by atoms with E-state index in [1.54, 1.807) is 20.2 Å². The fourth-order valence-electron chi connectivity index (χ4n) is 1.38. The Hall–Kier alpha value is -1.44. The molecule has 1 N–H and O–H groups in total. The van der Waals surface area contributed by atoms with E-state index in [0.29, 0.717) is 57.2 Å². The molecule has 0 radical (unpaired) electrons. The lowest BCUT2D eigenvalue weighted by atomic mass is 10.5. The summed E-state index contributed by atoms with van der Waals surface area (Å²) in [5.74, 6) is 1.80. The largest absolute Gasteiger partial charge is 0.475 e. The highest BCUT2D eigenvalue weighted by molar-refractivity contribution is 5.37. The second-order valence-electron chi connectivity index (χ2n) is 3.85. The van der Waals surface area contributed by atoms with Crippen LogP contribution in [0.2, 0.25) is 0 Å². The highest BCUT2D eigenvalue weighted by Gasteiger charge is 2.05. The molecule has 7 heteroatoms. The maximum absolute atomic E-state index is 5.54. The smallest absolute Gasteiger partial charge is 0.218 e. The molecule has 0 saturated carbocycles. The van der Waals surface area contributed by atoms with Crippen LogP contribution in [0.25, 0.3) is 0 Å². The average molecular weight is 285 g/mol. The molecule has 114 valence electrons. The average Bonchev–Trinajstić information content (AvgIpc) is 2.48. The van der Waals surface area contributed by atoms with Crippen LogP contribution in [-0.2, 0) is 20.8 Å². The quantitative estimate of drug-likeness (QED) is 0.610. The highest BCUT2D eigenvalue weighted by Crippen LogP contribution is 2.13. The molecule has 0 saturated heterocycles. The summed E-state index contributed by atoms with van der Waals surface area (Å²) in [5, 5.41) is 2.97. The molecule has 0 aromatic carbocycles. The van der Waals surface area contributed by atoms with E-state index >= 15 is 0 Å². The van der Waals surface area contributed by atoms with Crippen LogP contribution in [0, 0.1) is 0 Å². The second-order valence-corrected chi connectivity index (χ2v) is 3.85. The number of anilines is 1. The van der Waals surface area contributed by atoms with Crippen molar-refractivity contribution in [3.05, 3.63) is 11.9 Å². The van der Waals surface area contributed by atoms with Gasteiger partial charge < -0.3 is 24.3 Å². The molecule has 0 aliphatic heterocycles. The van der Waals surface area contributed by atoms with Crippen molar-refractivity contribution in [2.45, 2.75) is 13.5 Å². The van der Waals surface area contributed by atoms with E-state index in [1.807, 2.05) is 6.92 Å². The van der Waals surface area contributed by atoms with Gasteiger partial charge in [-0.3, -0.25) is 0 Å². The molecule has 0 spiro atoms. The minimum absolute atomic E-state index is 0.368. The first kappa shape index (κ1) is 16.6. The van der Waals surface area contributed by atoms with Gasteiger partial charge in [0.2, 0.25) is 5.88 Å². The molecule has 0 amide bonds. The van der Waals surface area contributed by atoms with Crippen molar-refractivity contribution < 1.29 is 18.9 Å². The Morgan fingerprint density at radius 2 is 1.90 bits per heavy atom. The van der Waals surface area contributed by atoms with Crippen LogP contribution in [0.4, 0.5) is 5.82 Å². The summed E-state index contributed by atoms with van der Waals surface area (Å²) in [6, 6.07) is 1.74. The molecule has 0 unspecified atom stereocenters. The van der Waals surface area contributed by atoms with E-state index < -0.39 is 0 Å². The summed E-state index contributed by atoms with van der Waals surface area (Å²) in [6.45, 7) is 4.97. The van der Waals surface area contributed by atoms with Gasteiger partial charge in [-0.25, -0.2) is 4.98 Å². The second kappa shape index (κ2) is 10.4. The minimum Gasteiger partial charge on any atom is -0.475 e. The predicted molar refractivity (Wildman–Crippen MR) is 75.1 cm³/mol. The number of rotatable bonds is 11. The van der Waals surface area contributed by atoms with Crippen molar-refractivity contribution in [1.29, 1.82) is 0 Å². The molecular weight excluding hydrogens is 262 g/mol. The van der Waals surface area contributed by atoms with Gasteiger partial charge in [-0.15, -0.1) is 0 Å². The molecule has 0 bridgehead atoms. The number of aromatic nitrogens is 2. The van der Waals surface area contributed by atoms with Gasteiger partial charge in [0.1, 0.15) is 19.0 Å². The first-order chi connectivity index (χ1) is 9.80. The SMILES string of the molecule is CCOCc1nc(NC)cc(OCCOCCOC)n1. The molecule has 0 atom stereocenters. The van der Waals surface area contributed by atoms with Gasteiger partial charge in [-0.1, -0.05) is 0 Å². The Bertz CT molecular complexity index is 377. The fraction of sp³-hybridized carbons (Fsp3) is 0.692. The van der Waals surface area contributed by atoms with Gasteiger partial charge in [-0.2, -0.15) is 4.98 Å². The van der Waals surface area contributed by atoms with Crippen molar-refractivity contribution in [1.82, 2.24) is 9.97 Å². The standard InChI is InChI=1S/C13H23N3O4/c1-4-18-10-12-15-11(14-2)9-13(16-12)20-8-7-19-6-5-17-3/h9H,4-8,10H2,1-3H3,(H,14,15,16). The number of hydrogen-bond donors (Lipinski definition) is 1. The number of ether oxygens (including phenoxy) is 4. The van der Waals surface area contributed by atoms with Gasteiger partial charge in [0.25, 0.3) is 0 Å². The summed E-state index contributed by atoms with van der Waals surface area (Å²) in [4.78, 5) is 8.56. The molecule has 20 heavy (non-hydrogen) atoms. The van der Waals surface area contributed by atoms with E-state index in [0.717, 1.165) is 0 Å². The Balaban J connectivity index is 2.42. The van der Waals surface area contributed by atoms with Crippen molar-refractivity contribution in [3.8, 4) is 5.88 Å². The molecule has 1 heterocycles. The van der Waals surface area contributed by atoms with Crippen LogP contribution < -0.4 is 10.1 Å². The normalized spacial score (nSPS) is 10.6. The van der Waals surface area contributed by atoms with Crippen LogP contribution in [0.1, 0.15) is 12.7 Å². The van der Waals surface area contributed by atoms with Gasteiger partial charge in [0.05, 0.1) is 19.8 Å². The molecule has 0 aliphatic carbocycles. The predicted octanol–water partition coefficient (Wildman–Crippen LogP) is 1.10. The summed E-state index contributed by atoms with van der Waals surface area (Å²) >= 11 is 0. The van der Waals surface area contributed by atoms with Crippen LogP contribution in [0.15, 0.2) is 6.07 Å². The van der Waals surface area contributed by atoms with Crippen molar-refractivity contribution in [3.63, 3.8) is 0 Å². The molecule has 7 nitrogen and oxygen atoms in total. The zero-order valence-corrected chi connectivity index (χ0v) is 12.3.